The smallest absolute Gasteiger partial charge is 0.263 e. The van der Waals surface area contributed by atoms with Gasteiger partial charge >= 0.3 is 0 Å². The Kier molecular flexibility index (Phi) is 5.77. The summed E-state index contributed by atoms with van der Waals surface area (Å²) in [5.74, 6) is 0.530. The topological polar surface area (TPSA) is 73.2 Å². The molecule has 4 aromatic rings. The molecule has 1 amide bonds. The number of ether oxygens (including phenoxy) is 1. The van der Waals surface area contributed by atoms with E-state index < -0.39 is 0 Å². The summed E-state index contributed by atoms with van der Waals surface area (Å²) >= 11 is 6.21. The molecule has 0 aliphatic rings. The van der Waals surface area contributed by atoms with Gasteiger partial charge in [0.15, 0.2) is 12.9 Å². The van der Waals surface area contributed by atoms with Crippen molar-refractivity contribution in [2.45, 2.75) is 6.54 Å². The second-order valence-corrected chi connectivity index (χ2v) is 7.03. The molecule has 0 fully saturated rings. The molecule has 1 N–H and O–H groups in total. The Labute approximate surface area is 178 Å². The molecule has 1 aromatic heterocycles. The highest BCUT2D eigenvalue weighted by molar-refractivity contribution is 6.31. The van der Waals surface area contributed by atoms with Gasteiger partial charge in [0.25, 0.3) is 5.91 Å². The summed E-state index contributed by atoms with van der Waals surface area (Å²) in [5.41, 5.74) is 1.31. The van der Waals surface area contributed by atoms with Crippen LogP contribution in [0.15, 0.2) is 72.9 Å². The maximum absolute atomic E-state index is 12.4. The molecule has 150 valence electrons. The van der Waals surface area contributed by atoms with E-state index in [9.17, 15) is 9.59 Å². The molecule has 7 heteroatoms. The number of halogens is 1. The molecule has 0 saturated heterocycles. The predicted octanol–water partition coefficient (Wildman–Crippen LogP) is 4.57. The van der Waals surface area contributed by atoms with E-state index in [1.165, 1.54) is 0 Å². The lowest BCUT2D eigenvalue weighted by atomic mass is 10.0. The lowest BCUT2D eigenvalue weighted by molar-refractivity contribution is -0.118. The average molecular weight is 420 g/mol. The molecular weight excluding hydrogens is 402 g/mol. The molecule has 0 unspecified atom stereocenters. The van der Waals surface area contributed by atoms with Crippen molar-refractivity contribution in [1.29, 1.82) is 0 Å². The lowest BCUT2D eigenvalue weighted by Gasteiger charge is -2.12. The number of aromatic nitrogens is 2. The van der Waals surface area contributed by atoms with Gasteiger partial charge in [-0.15, -0.1) is 0 Å². The molecule has 3 aromatic carbocycles. The van der Waals surface area contributed by atoms with Gasteiger partial charge < -0.3 is 10.1 Å². The standard InChI is InChI=1S/C23H18ClN3O3/c24-20-8-4-2-6-17(20)13-27-22(11-12-25-27)26-23(29)15-30-21-10-9-16-5-1-3-7-18(16)19(21)14-28/h1-12,14H,13,15H2,(H,26,29). The van der Waals surface area contributed by atoms with Gasteiger partial charge in [-0.25, -0.2) is 4.68 Å². The number of carbonyl (C=O) groups is 2. The zero-order valence-electron chi connectivity index (χ0n) is 15.9. The number of hydrogen-bond donors (Lipinski definition) is 1. The van der Waals surface area contributed by atoms with Gasteiger partial charge in [-0.3, -0.25) is 9.59 Å². The van der Waals surface area contributed by atoms with Crippen molar-refractivity contribution in [3.05, 3.63) is 89.1 Å². The average Bonchev–Trinajstić information content (AvgIpc) is 3.19. The number of hydrogen-bond acceptors (Lipinski definition) is 4. The van der Waals surface area contributed by atoms with Crippen LogP contribution in [0.4, 0.5) is 5.82 Å². The van der Waals surface area contributed by atoms with Crippen molar-refractivity contribution in [3.63, 3.8) is 0 Å². The third kappa shape index (κ3) is 4.18. The minimum atomic E-state index is -0.360. The first-order valence-electron chi connectivity index (χ1n) is 9.30. The van der Waals surface area contributed by atoms with Gasteiger partial charge in [-0.1, -0.05) is 60.1 Å². The summed E-state index contributed by atoms with van der Waals surface area (Å²) in [6.07, 6.45) is 2.34. The Morgan fingerprint density at radius 2 is 1.87 bits per heavy atom. The van der Waals surface area contributed by atoms with Crippen molar-refractivity contribution < 1.29 is 14.3 Å². The fourth-order valence-electron chi connectivity index (χ4n) is 3.20. The monoisotopic (exact) mass is 419 g/mol. The normalized spacial score (nSPS) is 10.7. The largest absolute Gasteiger partial charge is 0.483 e. The van der Waals surface area contributed by atoms with Crippen molar-refractivity contribution in [3.8, 4) is 5.75 Å². The van der Waals surface area contributed by atoms with Gasteiger partial charge in [0.2, 0.25) is 0 Å². The number of nitrogens with one attached hydrogen (secondary N) is 1. The van der Waals surface area contributed by atoms with Crippen LogP contribution >= 0.6 is 11.6 Å². The lowest BCUT2D eigenvalue weighted by Crippen LogP contribution is -2.22. The van der Waals surface area contributed by atoms with E-state index >= 15 is 0 Å². The molecule has 0 aliphatic heterocycles. The fraction of sp³-hybridized carbons (Fsp3) is 0.0870. The first kappa shape index (κ1) is 19.7. The van der Waals surface area contributed by atoms with Crippen molar-refractivity contribution in [2.24, 2.45) is 0 Å². The third-order valence-corrected chi connectivity index (χ3v) is 5.04. The molecular formula is C23H18ClN3O3. The molecule has 0 atom stereocenters. The molecule has 0 aliphatic carbocycles. The summed E-state index contributed by atoms with van der Waals surface area (Å²) < 4.78 is 7.27. The van der Waals surface area contributed by atoms with Crippen molar-refractivity contribution in [1.82, 2.24) is 9.78 Å². The number of benzene rings is 3. The van der Waals surface area contributed by atoms with Crippen LogP contribution in [0.25, 0.3) is 10.8 Å². The molecule has 6 nitrogen and oxygen atoms in total. The Morgan fingerprint density at radius 1 is 1.07 bits per heavy atom. The van der Waals surface area contributed by atoms with Crippen LogP contribution in [-0.4, -0.2) is 28.6 Å². The zero-order chi connectivity index (χ0) is 20.9. The highest BCUT2D eigenvalue weighted by Crippen LogP contribution is 2.26. The van der Waals surface area contributed by atoms with E-state index in [1.807, 2.05) is 48.5 Å². The first-order valence-corrected chi connectivity index (χ1v) is 9.68. The van der Waals surface area contributed by atoms with Crippen molar-refractivity contribution in [2.75, 3.05) is 11.9 Å². The quantitative estimate of drug-likeness (QED) is 0.445. The van der Waals surface area contributed by atoms with Crippen LogP contribution in [0.5, 0.6) is 5.75 Å². The number of fused-ring (bicyclic) bond motifs is 1. The third-order valence-electron chi connectivity index (χ3n) is 4.67. The maximum Gasteiger partial charge on any atom is 0.263 e. The molecule has 0 radical (unpaired) electrons. The van der Waals surface area contributed by atoms with Crippen LogP contribution < -0.4 is 10.1 Å². The molecule has 30 heavy (non-hydrogen) atoms. The highest BCUT2D eigenvalue weighted by Gasteiger charge is 2.12. The molecule has 1 heterocycles. The number of amides is 1. The molecule has 0 bridgehead atoms. The second kappa shape index (κ2) is 8.80. The molecule has 0 saturated carbocycles. The summed E-state index contributed by atoms with van der Waals surface area (Å²) in [5, 5.41) is 9.36. The highest BCUT2D eigenvalue weighted by atomic mass is 35.5. The van der Waals surface area contributed by atoms with Crippen LogP contribution in [0.2, 0.25) is 5.02 Å². The van der Waals surface area contributed by atoms with E-state index in [4.69, 9.17) is 16.3 Å². The van der Waals surface area contributed by atoms with Crippen LogP contribution in [0, 0.1) is 0 Å². The zero-order valence-corrected chi connectivity index (χ0v) is 16.7. The number of nitrogens with zero attached hydrogens (tertiary/aromatic N) is 2. The molecule has 4 rings (SSSR count). The van der Waals surface area contributed by atoms with E-state index in [0.29, 0.717) is 28.7 Å². The van der Waals surface area contributed by atoms with E-state index in [1.54, 1.807) is 29.1 Å². The van der Waals surface area contributed by atoms with Gasteiger partial charge in [0.1, 0.15) is 11.6 Å². The number of aldehydes is 1. The van der Waals surface area contributed by atoms with Gasteiger partial charge in [0, 0.05) is 11.1 Å². The Hall–Kier alpha value is -3.64. The maximum atomic E-state index is 12.4. The Balaban J connectivity index is 1.44. The van der Waals surface area contributed by atoms with Gasteiger partial charge in [0.05, 0.1) is 18.3 Å². The summed E-state index contributed by atoms with van der Waals surface area (Å²) in [6, 6.07) is 20.2. The number of rotatable bonds is 7. The minimum absolute atomic E-state index is 0.240. The van der Waals surface area contributed by atoms with E-state index in [0.717, 1.165) is 22.6 Å². The second-order valence-electron chi connectivity index (χ2n) is 6.62. The first-order chi connectivity index (χ1) is 14.7. The summed E-state index contributed by atoms with van der Waals surface area (Å²) in [4.78, 5) is 24.0. The summed E-state index contributed by atoms with van der Waals surface area (Å²) in [6.45, 7) is 0.180. The van der Waals surface area contributed by atoms with Gasteiger partial charge in [-0.2, -0.15) is 5.10 Å². The number of anilines is 1. The van der Waals surface area contributed by atoms with E-state index in [-0.39, 0.29) is 12.5 Å². The Morgan fingerprint density at radius 3 is 2.70 bits per heavy atom. The van der Waals surface area contributed by atoms with Gasteiger partial charge in [-0.05, 0) is 28.5 Å². The summed E-state index contributed by atoms with van der Waals surface area (Å²) in [7, 11) is 0. The van der Waals surface area contributed by atoms with Crippen LogP contribution in [0.3, 0.4) is 0 Å². The van der Waals surface area contributed by atoms with Crippen LogP contribution in [0.1, 0.15) is 15.9 Å². The van der Waals surface area contributed by atoms with Crippen molar-refractivity contribution >= 4 is 40.4 Å². The minimum Gasteiger partial charge on any atom is -0.483 e. The predicted molar refractivity (Wildman–Crippen MR) is 116 cm³/mol. The van der Waals surface area contributed by atoms with E-state index in [2.05, 4.69) is 10.4 Å². The SMILES string of the molecule is O=Cc1c(OCC(=O)Nc2ccnn2Cc2ccccc2Cl)ccc2ccccc12. The number of carbonyl (C=O) groups excluding carboxylic acids is 2. The Bertz CT molecular complexity index is 1220. The fourth-order valence-corrected chi connectivity index (χ4v) is 3.39. The molecule has 0 spiro atoms. The van der Waals surface area contributed by atoms with Crippen LogP contribution in [-0.2, 0) is 11.3 Å².